The highest BCUT2D eigenvalue weighted by Crippen LogP contribution is 2.42. The average molecular weight is 343 g/mol. The zero-order valence-electron chi connectivity index (χ0n) is 12.9. The highest BCUT2D eigenvalue weighted by molar-refractivity contribution is 7.19. The Labute approximate surface area is 145 Å². The third-order valence-corrected chi connectivity index (χ3v) is 6.25. The summed E-state index contributed by atoms with van der Waals surface area (Å²) < 4.78 is 7.24. The molecule has 0 saturated carbocycles. The third kappa shape index (κ3) is 2.98. The summed E-state index contributed by atoms with van der Waals surface area (Å²) in [4.78, 5) is 1.34. The summed E-state index contributed by atoms with van der Waals surface area (Å²) in [5, 5.41) is 1.41. The van der Waals surface area contributed by atoms with Crippen molar-refractivity contribution in [2.24, 2.45) is 0 Å². The fourth-order valence-corrected chi connectivity index (χ4v) is 4.84. The SMILES string of the molecule is ClC(CCC1OC=Cc2c1sc1ccccc21)C1=CCCC=C1. The summed E-state index contributed by atoms with van der Waals surface area (Å²) >= 11 is 8.44. The number of allylic oxidation sites excluding steroid dienone is 4. The molecule has 2 heterocycles. The van der Waals surface area contributed by atoms with Gasteiger partial charge in [-0.2, -0.15) is 0 Å². The molecule has 4 rings (SSSR count). The number of thiophene rings is 1. The number of hydrogen-bond acceptors (Lipinski definition) is 2. The molecular weight excluding hydrogens is 324 g/mol. The quantitative estimate of drug-likeness (QED) is 0.568. The van der Waals surface area contributed by atoms with Crippen LogP contribution in [-0.2, 0) is 4.74 Å². The maximum atomic E-state index is 6.59. The van der Waals surface area contributed by atoms with Gasteiger partial charge in [0, 0.05) is 15.6 Å². The summed E-state index contributed by atoms with van der Waals surface area (Å²) in [5.41, 5.74) is 2.59. The maximum absolute atomic E-state index is 6.59. The molecule has 2 atom stereocenters. The van der Waals surface area contributed by atoms with Crippen molar-refractivity contribution < 1.29 is 4.74 Å². The lowest BCUT2D eigenvalue weighted by Gasteiger charge is -2.22. The molecule has 0 bridgehead atoms. The van der Waals surface area contributed by atoms with Crippen molar-refractivity contribution in [2.75, 3.05) is 0 Å². The smallest absolute Gasteiger partial charge is 0.133 e. The second kappa shape index (κ2) is 6.54. The molecule has 0 N–H and O–H groups in total. The van der Waals surface area contributed by atoms with Crippen LogP contribution in [0.5, 0.6) is 0 Å². The molecule has 0 spiro atoms. The Hall–Kier alpha value is -1.51. The largest absolute Gasteiger partial charge is 0.492 e. The van der Waals surface area contributed by atoms with E-state index in [1.54, 1.807) is 0 Å². The van der Waals surface area contributed by atoms with Crippen molar-refractivity contribution in [3.05, 3.63) is 64.8 Å². The molecule has 118 valence electrons. The first kappa shape index (κ1) is 15.0. The zero-order chi connectivity index (χ0) is 15.6. The van der Waals surface area contributed by atoms with Crippen LogP contribution in [0, 0.1) is 0 Å². The molecule has 0 fully saturated rings. The molecule has 1 aliphatic heterocycles. The van der Waals surface area contributed by atoms with Gasteiger partial charge in [-0.25, -0.2) is 0 Å². The lowest BCUT2D eigenvalue weighted by atomic mass is 9.98. The van der Waals surface area contributed by atoms with Crippen molar-refractivity contribution in [2.45, 2.75) is 37.2 Å². The summed E-state index contributed by atoms with van der Waals surface area (Å²) in [6, 6.07) is 8.58. The van der Waals surface area contributed by atoms with Crippen LogP contribution >= 0.6 is 22.9 Å². The lowest BCUT2D eigenvalue weighted by molar-refractivity contribution is 0.136. The van der Waals surface area contributed by atoms with E-state index in [0.717, 1.165) is 25.7 Å². The number of fused-ring (bicyclic) bond motifs is 3. The second-order valence-electron chi connectivity index (χ2n) is 6.03. The molecule has 2 unspecified atom stereocenters. The van der Waals surface area contributed by atoms with Gasteiger partial charge in [-0.1, -0.05) is 36.4 Å². The number of benzene rings is 1. The predicted octanol–water partition coefficient (Wildman–Crippen LogP) is 6.61. The van der Waals surface area contributed by atoms with E-state index in [4.69, 9.17) is 16.3 Å². The van der Waals surface area contributed by atoms with Gasteiger partial charge in [0.15, 0.2) is 0 Å². The van der Waals surface area contributed by atoms with E-state index >= 15 is 0 Å². The molecule has 1 aromatic carbocycles. The minimum Gasteiger partial charge on any atom is -0.492 e. The molecule has 1 aromatic heterocycles. The molecule has 2 aliphatic rings. The highest BCUT2D eigenvalue weighted by atomic mass is 35.5. The number of rotatable bonds is 4. The molecule has 23 heavy (non-hydrogen) atoms. The predicted molar refractivity (Wildman–Crippen MR) is 100 cm³/mol. The molecule has 1 aliphatic carbocycles. The lowest BCUT2D eigenvalue weighted by Crippen LogP contribution is -2.09. The van der Waals surface area contributed by atoms with Gasteiger partial charge in [-0.15, -0.1) is 22.9 Å². The molecule has 0 amide bonds. The second-order valence-corrected chi connectivity index (χ2v) is 7.64. The minimum atomic E-state index is 0.0823. The monoisotopic (exact) mass is 342 g/mol. The van der Waals surface area contributed by atoms with Crippen molar-refractivity contribution in [1.29, 1.82) is 0 Å². The first-order chi connectivity index (χ1) is 11.3. The summed E-state index contributed by atoms with van der Waals surface area (Å²) in [6.07, 6.45) is 14.8. The fourth-order valence-electron chi connectivity index (χ4n) is 3.29. The van der Waals surface area contributed by atoms with Crippen LogP contribution in [0.4, 0.5) is 0 Å². The van der Waals surface area contributed by atoms with E-state index in [0.29, 0.717) is 0 Å². The zero-order valence-corrected chi connectivity index (χ0v) is 14.4. The molecule has 3 heteroatoms. The van der Waals surface area contributed by atoms with Crippen LogP contribution < -0.4 is 0 Å². The van der Waals surface area contributed by atoms with Gasteiger partial charge in [0.25, 0.3) is 0 Å². The fraction of sp³-hybridized carbons (Fsp3) is 0.300. The summed E-state index contributed by atoms with van der Waals surface area (Å²) in [5.74, 6) is 0. The molecule has 2 aromatic rings. The average Bonchev–Trinajstić information content (AvgIpc) is 3.00. The van der Waals surface area contributed by atoms with E-state index in [2.05, 4.69) is 48.6 Å². The van der Waals surface area contributed by atoms with Crippen LogP contribution in [0.1, 0.15) is 42.2 Å². The van der Waals surface area contributed by atoms with Crippen molar-refractivity contribution in [3.63, 3.8) is 0 Å². The van der Waals surface area contributed by atoms with Gasteiger partial charge >= 0.3 is 0 Å². The number of ether oxygens (including phenoxy) is 1. The van der Waals surface area contributed by atoms with E-state index in [-0.39, 0.29) is 11.5 Å². The first-order valence-corrected chi connectivity index (χ1v) is 9.42. The van der Waals surface area contributed by atoms with E-state index in [1.165, 1.54) is 26.1 Å². The highest BCUT2D eigenvalue weighted by Gasteiger charge is 2.24. The van der Waals surface area contributed by atoms with Gasteiger partial charge in [0.05, 0.1) is 16.5 Å². The summed E-state index contributed by atoms with van der Waals surface area (Å²) in [7, 11) is 0. The molecular formula is C20H19ClOS. The van der Waals surface area contributed by atoms with E-state index < -0.39 is 0 Å². The topological polar surface area (TPSA) is 9.23 Å². The number of hydrogen-bond donors (Lipinski definition) is 0. The van der Waals surface area contributed by atoms with Gasteiger partial charge in [-0.3, -0.25) is 0 Å². The van der Waals surface area contributed by atoms with Crippen LogP contribution in [-0.4, -0.2) is 5.38 Å². The number of halogens is 1. The standard InChI is InChI=1S/C20H19ClOS/c21-17(14-6-2-1-3-7-14)10-11-18-20-16(12-13-22-18)15-8-4-5-9-19(15)23-20/h2,4-9,12-13,17-18H,1,3,10-11H2. The first-order valence-electron chi connectivity index (χ1n) is 8.17. The van der Waals surface area contributed by atoms with Gasteiger partial charge in [0.2, 0.25) is 0 Å². The normalized spacial score (nSPS) is 20.9. The Morgan fingerprint density at radius 1 is 1.22 bits per heavy atom. The minimum absolute atomic E-state index is 0.0823. The molecule has 0 radical (unpaired) electrons. The molecule has 0 saturated heterocycles. The van der Waals surface area contributed by atoms with Crippen molar-refractivity contribution in [1.82, 2.24) is 0 Å². The summed E-state index contributed by atoms with van der Waals surface area (Å²) in [6.45, 7) is 0. The number of alkyl halides is 1. The maximum Gasteiger partial charge on any atom is 0.133 e. The van der Waals surface area contributed by atoms with Gasteiger partial charge < -0.3 is 4.74 Å². The van der Waals surface area contributed by atoms with Crippen LogP contribution in [0.3, 0.4) is 0 Å². The van der Waals surface area contributed by atoms with Crippen molar-refractivity contribution in [3.8, 4) is 0 Å². The Kier molecular flexibility index (Phi) is 4.28. The Balaban J connectivity index is 1.52. The van der Waals surface area contributed by atoms with Crippen LogP contribution in [0.25, 0.3) is 16.2 Å². The van der Waals surface area contributed by atoms with Gasteiger partial charge in [0.1, 0.15) is 6.10 Å². The van der Waals surface area contributed by atoms with E-state index in [1.807, 2.05) is 17.6 Å². The Morgan fingerprint density at radius 2 is 2.13 bits per heavy atom. The Bertz CT molecular complexity index is 799. The molecule has 1 nitrogen and oxygen atoms in total. The van der Waals surface area contributed by atoms with Crippen molar-refractivity contribution >= 4 is 39.1 Å². The van der Waals surface area contributed by atoms with Crippen LogP contribution in [0.2, 0.25) is 0 Å². The van der Waals surface area contributed by atoms with Gasteiger partial charge in [-0.05, 0) is 43.4 Å². The van der Waals surface area contributed by atoms with Crippen LogP contribution in [0.15, 0.2) is 54.3 Å². The van der Waals surface area contributed by atoms with E-state index in [9.17, 15) is 0 Å². The third-order valence-electron chi connectivity index (χ3n) is 4.50. The Morgan fingerprint density at radius 3 is 3.00 bits per heavy atom.